The first-order chi connectivity index (χ1) is 8.63. The molecule has 2 aromatic rings. The maximum absolute atomic E-state index is 10.6. The van der Waals surface area contributed by atoms with Crippen molar-refractivity contribution in [1.29, 1.82) is 0 Å². The number of rotatable bonds is 5. The molecule has 0 bridgehead atoms. The number of aromatic nitrogens is 1. The number of fused-ring (bicyclic) bond motifs is 1. The van der Waals surface area contributed by atoms with E-state index in [0.29, 0.717) is 11.7 Å². The molecule has 0 spiro atoms. The molecule has 1 heterocycles. The summed E-state index contributed by atoms with van der Waals surface area (Å²) >= 11 is 0. The summed E-state index contributed by atoms with van der Waals surface area (Å²) in [6.07, 6.45) is 3.01. The Kier molecular flexibility index (Phi) is 3.55. The van der Waals surface area contributed by atoms with Crippen LogP contribution in [0.3, 0.4) is 0 Å². The van der Waals surface area contributed by atoms with Gasteiger partial charge < -0.3 is 14.8 Å². The Labute approximate surface area is 106 Å². The molecule has 0 aliphatic rings. The average Bonchev–Trinajstić information content (AvgIpc) is 2.79. The molecule has 2 N–H and O–H groups in total. The molecule has 0 aliphatic heterocycles. The predicted molar refractivity (Wildman–Crippen MR) is 70.1 cm³/mol. The van der Waals surface area contributed by atoms with Crippen LogP contribution in [-0.2, 0) is 4.79 Å². The van der Waals surface area contributed by atoms with Crippen LogP contribution in [0.15, 0.2) is 24.4 Å². The van der Waals surface area contributed by atoms with Crippen molar-refractivity contribution in [2.45, 2.75) is 26.2 Å². The Hall–Kier alpha value is -1.97. The predicted octanol–water partition coefficient (Wildman–Crippen LogP) is 3.14. The molecule has 1 unspecified atom stereocenters. The van der Waals surface area contributed by atoms with Gasteiger partial charge in [-0.2, -0.15) is 0 Å². The van der Waals surface area contributed by atoms with Gasteiger partial charge >= 0.3 is 5.97 Å². The number of nitrogens with one attached hydrogen (secondary N) is 1. The summed E-state index contributed by atoms with van der Waals surface area (Å²) in [6, 6.07) is 5.64. The molecule has 0 aliphatic carbocycles. The Morgan fingerprint density at radius 2 is 2.28 bits per heavy atom. The van der Waals surface area contributed by atoms with Crippen LogP contribution in [0.25, 0.3) is 10.9 Å². The minimum Gasteiger partial charge on any atom is -0.481 e. The van der Waals surface area contributed by atoms with Crippen molar-refractivity contribution < 1.29 is 14.6 Å². The molecule has 4 nitrogen and oxygen atoms in total. The van der Waals surface area contributed by atoms with Crippen LogP contribution in [-0.4, -0.2) is 22.7 Å². The second-order valence-electron chi connectivity index (χ2n) is 4.41. The van der Waals surface area contributed by atoms with Gasteiger partial charge in [0.05, 0.1) is 0 Å². The monoisotopic (exact) mass is 247 g/mol. The Balaban J connectivity index is 2.45. The van der Waals surface area contributed by atoms with E-state index in [1.807, 2.05) is 24.4 Å². The van der Waals surface area contributed by atoms with Gasteiger partial charge in [-0.05, 0) is 30.0 Å². The van der Waals surface area contributed by atoms with E-state index in [-0.39, 0.29) is 6.61 Å². The van der Waals surface area contributed by atoms with Crippen LogP contribution in [0, 0.1) is 0 Å². The molecule has 0 radical (unpaired) electrons. The standard InChI is InChI=1S/C14H17NO3/c1-3-9(2)10-7-15-11-5-4-6-12(14(10)11)18-8-13(16)17/h4-7,9,15H,3,8H2,1-2H3,(H,16,17). The minimum atomic E-state index is -0.965. The highest BCUT2D eigenvalue weighted by atomic mass is 16.5. The summed E-state index contributed by atoms with van der Waals surface area (Å²) in [5, 5.41) is 9.68. The van der Waals surface area contributed by atoms with Crippen LogP contribution in [0.1, 0.15) is 31.7 Å². The van der Waals surface area contributed by atoms with E-state index in [1.165, 1.54) is 5.56 Å². The van der Waals surface area contributed by atoms with E-state index in [2.05, 4.69) is 18.8 Å². The third-order valence-corrected chi connectivity index (χ3v) is 3.19. The number of H-pyrrole nitrogens is 1. The van der Waals surface area contributed by atoms with Crippen molar-refractivity contribution in [1.82, 2.24) is 4.98 Å². The maximum Gasteiger partial charge on any atom is 0.341 e. The van der Waals surface area contributed by atoms with Gasteiger partial charge in [0, 0.05) is 17.1 Å². The molecule has 18 heavy (non-hydrogen) atoms. The highest BCUT2D eigenvalue weighted by molar-refractivity contribution is 5.90. The van der Waals surface area contributed by atoms with Crippen LogP contribution in [0.4, 0.5) is 0 Å². The molecular formula is C14H17NO3. The molecule has 1 atom stereocenters. The van der Waals surface area contributed by atoms with Gasteiger partial charge in [0.1, 0.15) is 5.75 Å². The highest BCUT2D eigenvalue weighted by Gasteiger charge is 2.14. The van der Waals surface area contributed by atoms with E-state index in [9.17, 15) is 4.79 Å². The van der Waals surface area contributed by atoms with E-state index in [0.717, 1.165) is 17.3 Å². The molecule has 96 valence electrons. The van der Waals surface area contributed by atoms with Gasteiger partial charge in [-0.25, -0.2) is 4.79 Å². The fourth-order valence-electron chi connectivity index (χ4n) is 2.05. The first-order valence-corrected chi connectivity index (χ1v) is 6.08. The number of carboxylic acid groups (broad SMARTS) is 1. The second-order valence-corrected chi connectivity index (χ2v) is 4.41. The molecule has 0 saturated heterocycles. The first kappa shape index (κ1) is 12.5. The first-order valence-electron chi connectivity index (χ1n) is 6.08. The largest absolute Gasteiger partial charge is 0.481 e. The van der Waals surface area contributed by atoms with E-state index in [1.54, 1.807) is 0 Å². The molecule has 0 saturated carbocycles. The third kappa shape index (κ3) is 2.32. The number of aliphatic carboxylic acids is 1. The molecular weight excluding hydrogens is 230 g/mol. The third-order valence-electron chi connectivity index (χ3n) is 3.19. The zero-order valence-electron chi connectivity index (χ0n) is 10.6. The Morgan fingerprint density at radius 3 is 2.94 bits per heavy atom. The smallest absolute Gasteiger partial charge is 0.341 e. The Bertz CT molecular complexity index is 559. The number of carbonyl (C=O) groups is 1. The van der Waals surface area contributed by atoms with E-state index >= 15 is 0 Å². The fraction of sp³-hybridized carbons (Fsp3) is 0.357. The lowest BCUT2D eigenvalue weighted by atomic mass is 9.98. The summed E-state index contributed by atoms with van der Waals surface area (Å²) < 4.78 is 5.35. The molecule has 0 fully saturated rings. The van der Waals surface area contributed by atoms with Gasteiger partial charge in [0.2, 0.25) is 0 Å². The fourth-order valence-corrected chi connectivity index (χ4v) is 2.05. The molecule has 1 aromatic carbocycles. The van der Waals surface area contributed by atoms with Gasteiger partial charge in [0.25, 0.3) is 0 Å². The number of hydrogen-bond donors (Lipinski definition) is 2. The lowest BCUT2D eigenvalue weighted by molar-refractivity contribution is -0.139. The molecule has 4 heteroatoms. The quantitative estimate of drug-likeness (QED) is 0.853. The average molecular weight is 247 g/mol. The minimum absolute atomic E-state index is 0.315. The Morgan fingerprint density at radius 1 is 1.50 bits per heavy atom. The van der Waals surface area contributed by atoms with E-state index < -0.39 is 5.97 Å². The molecule has 1 aromatic heterocycles. The summed E-state index contributed by atoms with van der Waals surface area (Å²) in [6.45, 7) is 3.96. The summed E-state index contributed by atoms with van der Waals surface area (Å²) in [7, 11) is 0. The number of hydrogen-bond acceptors (Lipinski definition) is 2. The van der Waals surface area contributed by atoms with Crippen LogP contribution in [0.5, 0.6) is 5.75 Å². The van der Waals surface area contributed by atoms with Gasteiger partial charge in [-0.1, -0.05) is 19.9 Å². The number of carboxylic acids is 1. The van der Waals surface area contributed by atoms with Gasteiger partial charge in [-0.15, -0.1) is 0 Å². The molecule has 0 amide bonds. The normalized spacial score (nSPS) is 12.6. The van der Waals surface area contributed by atoms with Crippen molar-refractivity contribution in [3.63, 3.8) is 0 Å². The van der Waals surface area contributed by atoms with Crippen molar-refractivity contribution in [3.8, 4) is 5.75 Å². The van der Waals surface area contributed by atoms with E-state index in [4.69, 9.17) is 9.84 Å². The zero-order chi connectivity index (χ0) is 13.1. The lowest BCUT2D eigenvalue weighted by Crippen LogP contribution is -2.09. The molecule has 2 rings (SSSR count). The zero-order valence-corrected chi connectivity index (χ0v) is 10.6. The number of benzene rings is 1. The summed E-state index contributed by atoms with van der Waals surface area (Å²) in [5.41, 5.74) is 2.15. The summed E-state index contributed by atoms with van der Waals surface area (Å²) in [5.74, 6) is 0.0763. The van der Waals surface area contributed by atoms with Crippen LogP contribution >= 0.6 is 0 Å². The van der Waals surface area contributed by atoms with Gasteiger partial charge in [0.15, 0.2) is 6.61 Å². The second kappa shape index (κ2) is 5.12. The van der Waals surface area contributed by atoms with Crippen molar-refractivity contribution in [3.05, 3.63) is 30.0 Å². The number of ether oxygens (including phenoxy) is 1. The topological polar surface area (TPSA) is 62.3 Å². The van der Waals surface area contributed by atoms with Crippen molar-refractivity contribution in [2.75, 3.05) is 6.61 Å². The SMILES string of the molecule is CCC(C)c1c[nH]c2cccc(OCC(=O)O)c12. The lowest BCUT2D eigenvalue weighted by Gasteiger charge is -2.10. The van der Waals surface area contributed by atoms with Crippen molar-refractivity contribution in [2.24, 2.45) is 0 Å². The number of aromatic amines is 1. The summed E-state index contributed by atoms with van der Waals surface area (Å²) in [4.78, 5) is 13.8. The van der Waals surface area contributed by atoms with Crippen LogP contribution in [0.2, 0.25) is 0 Å². The highest BCUT2D eigenvalue weighted by Crippen LogP contribution is 2.34. The maximum atomic E-state index is 10.6. The van der Waals surface area contributed by atoms with Gasteiger partial charge in [-0.3, -0.25) is 0 Å². The van der Waals surface area contributed by atoms with Crippen LogP contribution < -0.4 is 4.74 Å². The van der Waals surface area contributed by atoms with Crippen molar-refractivity contribution >= 4 is 16.9 Å².